The molecule has 0 spiro atoms. The first-order valence-electron chi connectivity index (χ1n) is 5.85. The minimum atomic E-state index is -0.194. The van der Waals surface area contributed by atoms with Gasteiger partial charge in [-0.1, -0.05) is 12.1 Å². The van der Waals surface area contributed by atoms with Crippen molar-refractivity contribution in [1.82, 2.24) is 4.90 Å². The fraction of sp³-hybridized carbons (Fsp3) is 0.500. The lowest BCUT2D eigenvalue weighted by molar-refractivity contribution is 0.0691. The fourth-order valence-electron chi connectivity index (χ4n) is 2.26. The molecule has 1 amide bonds. The maximum absolute atomic E-state index is 12.1. The molecule has 1 heterocycles. The van der Waals surface area contributed by atoms with E-state index in [4.69, 9.17) is 0 Å². The van der Waals surface area contributed by atoms with E-state index in [0.717, 1.165) is 11.1 Å². The SMILES string of the molecule is CSC(C)c1ccc2c(c1)C(C)(C)N(C)C2=O. The van der Waals surface area contributed by atoms with Gasteiger partial charge in [0.05, 0.1) is 5.54 Å². The molecule has 0 aliphatic carbocycles. The summed E-state index contributed by atoms with van der Waals surface area (Å²) in [6.07, 6.45) is 2.11. The number of carbonyl (C=O) groups is 1. The lowest BCUT2D eigenvalue weighted by Crippen LogP contribution is -2.35. The van der Waals surface area contributed by atoms with Crippen molar-refractivity contribution < 1.29 is 4.79 Å². The standard InChI is InChI=1S/C14H19NOS/c1-9(17-5)10-6-7-11-12(8-10)14(2,3)15(4)13(11)16/h6-9H,1-5H3. The monoisotopic (exact) mass is 249 g/mol. The Labute approximate surface area is 107 Å². The second-order valence-corrected chi connectivity index (χ2v) is 6.28. The van der Waals surface area contributed by atoms with Gasteiger partial charge in [-0.3, -0.25) is 4.79 Å². The van der Waals surface area contributed by atoms with Crippen LogP contribution in [0, 0.1) is 0 Å². The van der Waals surface area contributed by atoms with Crippen LogP contribution in [0.3, 0.4) is 0 Å². The lowest BCUT2D eigenvalue weighted by Gasteiger charge is -2.29. The van der Waals surface area contributed by atoms with Gasteiger partial charge in [0.1, 0.15) is 0 Å². The molecule has 0 saturated carbocycles. The third kappa shape index (κ3) is 1.77. The van der Waals surface area contributed by atoms with Gasteiger partial charge >= 0.3 is 0 Å². The third-order valence-corrected chi connectivity index (χ3v) is 4.88. The van der Waals surface area contributed by atoms with E-state index in [1.165, 1.54) is 5.56 Å². The topological polar surface area (TPSA) is 20.3 Å². The van der Waals surface area contributed by atoms with Crippen LogP contribution < -0.4 is 0 Å². The number of fused-ring (bicyclic) bond motifs is 1. The van der Waals surface area contributed by atoms with Gasteiger partial charge in [-0.25, -0.2) is 0 Å². The number of amides is 1. The van der Waals surface area contributed by atoms with Crippen LogP contribution in [0.25, 0.3) is 0 Å². The molecule has 17 heavy (non-hydrogen) atoms. The van der Waals surface area contributed by atoms with E-state index in [1.807, 2.05) is 29.8 Å². The fourth-order valence-corrected chi connectivity index (χ4v) is 2.68. The highest BCUT2D eigenvalue weighted by atomic mass is 32.2. The van der Waals surface area contributed by atoms with Gasteiger partial charge in [0.2, 0.25) is 0 Å². The second kappa shape index (κ2) is 4.05. The maximum atomic E-state index is 12.1. The van der Waals surface area contributed by atoms with Gasteiger partial charge in [0.15, 0.2) is 0 Å². The van der Waals surface area contributed by atoms with Gasteiger partial charge in [-0.05, 0) is 44.2 Å². The number of benzene rings is 1. The van der Waals surface area contributed by atoms with Crippen LogP contribution in [0.5, 0.6) is 0 Å². The zero-order valence-electron chi connectivity index (χ0n) is 11.1. The normalized spacial score (nSPS) is 19.4. The predicted octanol–water partition coefficient (Wildman–Crippen LogP) is 3.43. The molecule has 3 heteroatoms. The minimum absolute atomic E-state index is 0.133. The van der Waals surface area contributed by atoms with E-state index >= 15 is 0 Å². The molecule has 92 valence electrons. The van der Waals surface area contributed by atoms with E-state index in [2.05, 4.69) is 39.2 Å². The number of thioether (sulfide) groups is 1. The van der Waals surface area contributed by atoms with Gasteiger partial charge in [-0.2, -0.15) is 11.8 Å². The smallest absolute Gasteiger partial charge is 0.254 e. The zero-order valence-corrected chi connectivity index (χ0v) is 11.9. The molecule has 0 radical (unpaired) electrons. The lowest BCUT2D eigenvalue weighted by atomic mass is 9.92. The molecule has 1 atom stereocenters. The van der Waals surface area contributed by atoms with Crippen molar-refractivity contribution >= 4 is 17.7 Å². The molecule has 1 aromatic rings. The van der Waals surface area contributed by atoms with Crippen LogP contribution in [-0.2, 0) is 5.54 Å². The quantitative estimate of drug-likeness (QED) is 0.800. The molecule has 0 bridgehead atoms. The van der Waals surface area contributed by atoms with Crippen molar-refractivity contribution in [3.05, 3.63) is 34.9 Å². The molecule has 2 nitrogen and oxygen atoms in total. The molecule has 0 fully saturated rings. The van der Waals surface area contributed by atoms with Crippen LogP contribution in [0.2, 0.25) is 0 Å². The summed E-state index contributed by atoms with van der Waals surface area (Å²) in [6.45, 7) is 6.40. The summed E-state index contributed by atoms with van der Waals surface area (Å²) in [6, 6.07) is 6.25. The highest BCUT2D eigenvalue weighted by Gasteiger charge is 2.40. The van der Waals surface area contributed by atoms with Crippen LogP contribution in [0.15, 0.2) is 18.2 Å². The van der Waals surface area contributed by atoms with E-state index in [9.17, 15) is 4.79 Å². The summed E-state index contributed by atoms with van der Waals surface area (Å²) in [7, 11) is 1.88. The number of hydrogen-bond donors (Lipinski definition) is 0. The molecule has 1 aromatic carbocycles. The first-order chi connectivity index (χ1) is 7.89. The molecule has 1 unspecified atom stereocenters. The molecule has 0 N–H and O–H groups in total. The summed E-state index contributed by atoms with van der Waals surface area (Å²) in [5.74, 6) is 0.133. The first kappa shape index (κ1) is 12.5. The number of hydrogen-bond acceptors (Lipinski definition) is 2. The highest BCUT2D eigenvalue weighted by molar-refractivity contribution is 7.98. The maximum Gasteiger partial charge on any atom is 0.254 e. The number of nitrogens with zero attached hydrogens (tertiary/aromatic N) is 1. The Morgan fingerprint density at radius 3 is 2.59 bits per heavy atom. The van der Waals surface area contributed by atoms with E-state index in [-0.39, 0.29) is 11.4 Å². The first-order valence-corrected chi connectivity index (χ1v) is 7.13. The van der Waals surface area contributed by atoms with Crippen molar-refractivity contribution in [2.45, 2.75) is 31.6 Å². The second-order valence-electron chi connectivity index (χ2n) is 5.11. The van der Waals surface area contributed by atoms with Gasteiger partial charge in [0, 0.05) is 17.9 Å². The van der Waals surface area contributed by atoms with E-state index in [1.54, 1.807) is 0 Å². The highest BCUT2D eigenvalue weighted by Crippen LogP contribution is 2.39. The van der Waals surface area contributed by atoms with Crippen LogP contribution in [0.4, 0.5) is 0 Å². The van der Waals surface area contributed by atoms with E-state index in [0.29, 0.717) is 5.25 Å². The number of carbonyl (C=O) groups excluding carboxylic acids is 1. The average molecular weight is 249 g/mol. The Bertz CT molecular complexity index is 467. The Balaban J connectivity index is 2.54. The molecule has 0 aromatic heterocycles. The van der Waals surface area contributed by atoms with Crippen LogP contribution in [0.1, 0.15) is 47.5 Å². The van der Waals surface area contributed by atoms with Crippen LogP contribution >= 0.6 is 11.8 Å². The summed E-state index contributed by atoms with van der Waals surface area (Å²) in [5, 5.41) is 0.470. The molecular weight excluding hydrogens is 230 g/mol. The molecule has 2 rings (SSSR count). The van der Waals surface area contributed by atoms with Gasteiger partial charge in [-0.15, -0.1) is 0 Å². The van der Waals surface area contributed by atoms with Gasteiger partial charge < -0.3 is 4.90 Å². The molecular formula is C14H19NOS. The summed E-state index contributed by atoms with van der Waals surface area (Å²) in [4.78, 5) is 13.9. The largest absolute Gasteiger partial charge is 0.332 e. The zero-order chi connectivity index (χ0) is 12.8. The summed E-state index contributed by atoms with van der Waals surface area (Å²) in [5.41, 5.74) is 3.12. The third-order valence-electron chi connectivity index (χ3n) is 3.90. The Hall–Kier alpha value is -0.960. The average Bonchev–Trinajstić information content (AvgIpc) is 2.50. The predicted molar refractivity (Wildman–Crippen MR) is 73.5 cm³/mol. The Morgan fingerprint density at radius 2 is 2.00 bits per heavy atom. The molecule has 0 saturated heterocycles. The Kier molecular flexibility index (Phi) is 2.98. The van der Waals surface area contributed by atoms with E-state index < -0.39 is 0 Å². The van der Waals surface area contributed by atoms with Crippen molar-refractivity contribution in [2.24, 2.45) is 0 Å². The van der Waals surface area contributed by atoms with Crippen molar-refractivity contribution in [3.8, 4) is 0 Å². The number of rotatable bonds is 2. The van der Waals surface area contributed by atoms with Crippen molar-refractivity contribution in [3.63, 3.8) is 0 Å². The van der Waals surface area contributed by atoms with Crippen molar-refractivity contribution in [2.75, 3.05) is 13.3 Å². The van der Waals surface area contributed by atoms with Gasteiger partial charge in [0.25, 0.3) is 5.91 Å². The Morgan fingerprint density at radius 1 is 1.35 bits per heavy atom. The summed E-state index contributed by atoms with van der Waals surface area (Å²) < 4.78 is 0. The summed E-state index contributed by atoms with van der Waals surface area (Å²) >= 11 is 1.83. The van der Waals surface area contributed by atoms with Crippen LogP contribution in [-0.4, -0.2) is 24.1 Å². The minimum Gasteiger partial charge on any atom is -0.332 e. The van der Waals surface area contributed by atoms with Crippen molar-refractivity contribution in [1.29, 1.82) is 0 Å². The molecule has 1 aliphatic heterocycles. The molecule has 1 aliphatic rings.